The molecule has 0 saturated carbocycles. The number of halogens is 1. The van der Waals surface area contributed by atoms with Gasteiger partial charge in [-0.25, -0.2) is 12.8 Å². The molecule has 30 heavy (non-hydrogen) atoms. The number of nitrogens with one attached hydrogen (secondary N) is 1. The van der Waals surface area contributed by atoms with Gasteiger partial charge in [-0.05, 0) is 42.7 Å². The van der Waals surface area contributed by atoms with Crippen LogP contribution in [0.25, 0.3) is 6.08 Å². The van der Waals surface area contributed by atoms with Gasteiger partial charge in [-0.15, -0.1) is 0 Å². The zero-order valence-electron chi connectivity index (χ0n) is 16.8. The maximum Gasteiger partial charge on any atom is 0.246 e. The number of hydrogen-bond acceptors (Lipinski definition) is 4. The molecule has 1 saturated heterocycles. The van der Waals surface area contributed by atoms with Gasteiger partial charge in [0.25, 0.3) is 0 Å². The fourth-order valence-corrected chi connectivity index (χ4v) is 5.01. The maximum atomic E-state index is 13.6. The molecule has 1 heterocycles. The number of methoxy groups -OCH3 is 1. The van der Waals surface area contributed by atoms with E-state index in [0.717, 1.165) is 19.3 Å². The van der Waals surface area contributed by atoms with Gasteiger partial charge in [-0.3, -0.25) is 4.79 Å². The predicted molar refractivity (Wildman–Crippen MR) is 113 cm³/mol. The molecule has 0 spiro atoms. The van der Waals surface area contributed by atoms with Crippen LogP contribution in [0, 0.1) is 5.82 Å². The van der Waals surface area contributed by atoms with Gasteiger partial charge < -0.3 is 10.1 Å². The highest BCUT2D eigenvalue weighted by Crippen LogP contribution is 2.29. The van der Waals surface area contributed by atoms with Crippen molar-refractivity contribution in [3.63, 3.8) is 0 Å². The van der Waals surface area contributed by atoms with E-state index in [4.69, 9.17) is 4.74 Å². The van der Waals surface area contributed by atoms with Crippen molar-refractivity contribution in [3.8, 4) is 5.75 Å². The number of ether oxygens (including phenoxy) is 1. The van der Waals surface area contributed by atoms with Crippen LogP contribution >= 0.6 is 0 Å². The van der Waals surface area contributed by atoms with Gasteiger partial charge in [-0.1, -0.05) is 30.7 Å². The molecule has 160 valence electrons. The van der Waals surface area contributed by atoms with Crippen LogP contribution in [0.3, 0.4) is 0 Å². The Bertz CT molecular complexity index is 1030. The van der Waals surface area contributed by atoms with Gasteiger partial charge in [0.15, 0.2) is 0 Å². The van der Waals surface area contributed by atoms with Crippen molar-refractivity contribution < 1.29 is 22.3 Å². The Morgan fingerprint density at radius 3 is 2.60 bits per heavy atom. The van der Waals surface area contributed by atoms with Gasteiger partial charge in [0.05, 0.1) is 7.11 Å². The average Bonchev–Trinajstić information content (AvgIpc) is 2.77. The molecule has 6 nitrogen and oxygen atoms in total. The molecular weight excluding hydrogens is 407 g/mol. The molecule has 1 aliphatic heterocycles. The molecule has 2 aromatic rings. The van der Waals surface area contributed by atoms with Crippen molar-refractivity contribution in [3.05, 3.63) is 65.5 Å². The molecule has 2 aromatic carbocycles. The van der Waals surface area contributed by atoms with E-state index in [0.29, 0.717) is 24.2 Å². The summed E-state index contributed by atoms with van der Waals surface area (Å²) in [5, 5.41) is 2.61. The summed E-state index contributed by atoms with van der Waals surface area (Å²) in [7, 11) is -2.26. The molecule has 1 amide bonds. The van der Waals surface area contributed by atoms with Crippen LogP contribution < -0.4 is 10.1 Å². The summed E-state index contributed by atoms with van der Waals surface area (Å²) in [5.74, 6) is -0.527. The summed E-state index contributed by atoms with van der Waals surface area (Å²) in [6.45, 7) is 1.04. The molecule has 1 N–H and O–H groups in total. The average molecular weight is 433 g/mol. The first kappa shape index (κ1) is 22.0. The first-order valence-electron chi connectivity index (χ1n) is 9.79. The van der Waals surface area contributed by atoms with Crippen LogP contribution in [0.5, 0.6) is 5.75 Å². The standard InChI is InChI=1S/C22H25FN2O4S/c1-29-20-11-9-17(15-21(20)30(27,28)25-13-5-2-6-14-25)10-12-22(26)24-16-18-7-3-4-8-19(18)23/h3-4,7-12,15H,2,5-6,13-14,16H2,1H3,(H,24,26)/b12-10+. The van der Waals surface area contributed by atoms with E-state index >= 15 is 0 Å². The Hall–Kier alpha value is -2.71. The lowest BCUT2D eigenvalue weighted by Crippen LogP contribution is -2.35. The highest BCUT2D eigenvalue weighted by Gasteiger charge is 2.28. The largest absolute Gasteiger partial charge is 0.495 e. The van der Waals surface area contributed by atoms with E-state index in [2.05, 4.69) is 5.32 Å². The van der Waals surface area contributed by atoms with E-state index in [-0.39, 0.29) is 23.0 Å². The fourth-order valence-electron chi connectivity index (χ4n) is 3.30. The molecular formula is C22H25FN2O4S. The summed E-state index contributed by atoms with van der Waals surface area (Å²) < 4.78 is 46.5. The predicted octanol–water partition coefficient (Wildman–Crippen LogP) is 3.34. The number of hydrogen-bond donors (Lipinski definition) is 1. The number of amides is 1. The second kappa shape index (κ2) is 9.86. The van der Waals surface area contributed by atoms with E-state index in [9.17, 15) is 17.6 Å². The van der Waals surface area contributed by atoms with Crippen LogP contribution in [0.2, 0.25) is 0 Å². The molecule has 1 aliphatic rings. The van der Waals surface area contributed by atoms with Crippen molar-refractivity contribution in [1.82, 2.24) is 9.62 Å². The lowest BCUT2D eigenvalue weighted by atomic mass is 10.2. The van der Waals surface area contributed by atoms with Crippen molar-refractivity contribution in [2.75, 3.05) is 20.2 Å². The minimum absolute atomic E-state index is 0.0625. The van der Waals surface area contributed by atoms with Gasteiger partial charge in [0, 0.05) is 31.3 Å². The lowest BCUT2D eigenvalue weighted by molar-refractivity contribution is -0.116. The Morgan fingerprint density at radius 1 is 1.17 bits per heavy atom. The minimum Gasteiger partial charge on any atom is -0.495 e. The van der Waals surface area contributed by atoms with Gasteiger partial charge in [-0.2, -0.15) is 4.31 Å². The summed E-state index contributed by atoms with van der Waals surface area (Å²) in [4.78, 5) is 12.2. The smallest absolute Gasteiger partial charge is 0.246 e. The molecule has 0 unspecified atom stereocenters. The van der Waals surface area contributed by atoms with Crippen LogP contribution in [0.1, 0.15) is 30.4 Å². The highest BCUT2D eigenvalue weighted by atomic mass is 32.2. The molecule has 0 atom stereocenters. The minimum atomic E-state index is -3.68. The van der Waals surface area contributed by atoms with E-state index in [1.807, 2.05) is 0 Å². The molecule has 1 fully saturated rings. The Morgan fingerprint density at radius 2 is 1.90 bits per heavy atom. The van der Waals surface area contributed by atoms with Crippen molar-refractivity contribution in [1.29, 1.82) is 0 Å². The molecule has 0 radical (unpaired) electrons. The molecule has 0 aromatic heterocycles. The van der Waals surface area contributed by atoms with E-state index < -0.39 is 15.9 Å². The first-order chi connectivity index (χ1) is 14.4. The maximum absolute atomic E-state index is 13.6. The number of piperidine rings is 1. The third-order valence-electron chi connectivity index (χ3n) is 4.96. The summed E-state index contributed by atoms with van der Waals surface area (Å²) in [6.07, 6.45) is 5.51. The van der Waals surface area contributed by atoms with E-state index in [1.54, 1.807) is 30.3 Å². The van der Waals surface area contributed by atoms with Crippen LogP contribution in [0.4, 0.5) is 4.39 Å². The zero-order chi connectivity index (χ0) is 21.6. The van der Waals surface area contributed by atoms with Gasteiger partial charge >= 0.3 is 0 Å². The Kier molecular flexibility index (Phi) is 7.23. The second-order valence-corrected chi connectivity index (χ2v) is 8.92. The number of nitrogens with zero attached hydrogens (tertiary/aromatic N) is 1. The second-order valence-electron chi connectivity index (χ2n) is 7.02. The zero-order valence-corrected chi connectivity index (χ0v) is 17.6. The third-order valence-corrected chi connectivity index (χ3v) is 6.88. The van der Waals surface area contributed by atoms with Crippen molar-refractivity contribution in [2.24, 2.45) is 0 Å². The monoisotopic (exact) mass is 432 g/mol. The highest BCUT2D eigenvalue weighted by molar-refractivity contribution is 7.89. The number of benzene rings is 2. The van der Waals surface area contributed by atoms with Crippen LogP contribution in [-0.4, -0.2) is 38.8 Å². The Labute approximate surface area is 176 Å². The first-order valence-corrected chi connectivity index (χ1v) is 11.2. The number of carbonyl (C=O) groups excluding carboxylic acids is 1. The topological polar surface area (TPSA) is 75.7 Å². The quantitative estimate of drug-likeness (QED) is 0.681. The number of rotatable bonds is 7. The van der Waals surface area contributed by atoms with Crippen LogP contribution in [0.15, 0.2) is 53.4 Å². The normalized spacial score (nSPS) is 15.3. The summed E-state index contributed by atoms with van der Waals surface area (Å²) >= 11 is 0. The van der Waals surface area contributed by atoms with Crippen molar-refractivity contribution >= 4 is 22.0 Å². The van der Waals surface area contributed by atoms with E-state index in [1.165, 1.54) is 35.7 Å². The number of sulfonamides is 1. The molecule has 0 bridgehead atoms. The lowest BCUT2D eigenvalue weighted by Gasteiger charge is -2.26. The van der Waals surface area contributed by atoms with Crippen molar-refractivity contribution in [2.45, 2.75) is 30.7 Å². The fraction of sp³-hybridized carbons (Fsp3) is 0.318. The Balaban J connectivity index is 1.74. The molecule has 3 rings (SSSR count). The summed E-state index contributed by atoms with van der Waals surface area (Å²) in [5.41, 5.74) is 0.936. The third kappa shape index (κ3) is 5.25. The SMILES string of the molecule is COc1ccc(/C=C/C(=O)NCc2ccccc2F)cc1S(=O)(=O)N1CCCCC1. The van der Waals surface area contributed by atoms with Gasteiger partial charge in [0.2, 0.25) is 15.9 Å². The molecule has 0 aliphatic carbocycles. The van der Waals surface area contributed by atoms with Gasteiger partial charge in [0.1, 0.15) is 16.5 Å². The van der Waals surface area contributed by atoms with Crippen LogP contribution in [-0.2, 0) is 21.4 Å². The number of carbonyl (C=O) groups is 1. The molecule has 8 heteroatoms. The summed E-state index contributed by atoms with van der Waals surface area (Å²) in [6, 6.07) is 11.0.